The minimum absolute atomic E-state index is 0.223. The van der Waals surface area contributed by atoms with Gasteiger partial charge in [0.25, 0.3) is 0 Å². The summed E-state index contributed by atoms with van der Waals surface area (Å²) in [5, 5.41) is 10.6. The molecule has 0 bridgehead atoms. The van der Waals surface area contributed by atoms with E-state index in [-0.39, 0.29) is 6.07 Å². The fourth-order valence-corrected chi connectivity index (χ4v) is 1.64. The second-order valence-electron chi connectivity index (χ2n) is 3.35. The van der Waals surface area contributed by atoms with Gasteiger partial charge in [-0.3, -0.25) is 14.8 Å². The lowest BCUT2D eigenvalue weighted by molar-refractivity contribution is -0.384. The zero-order valence-electron chi connectivity index (χ0n) is 9.43. The van der Waals surface area contributed by atoms with Gasteiger partial charge in [0.15, 0.2) is 0 Å². The summed E-state index contributed by atoms with van der Waals surface area (Å²) in [5.74, 6) is -1.15. The van der Waals surface area contributed by atoms with Crippen LogP contribution in [0.15, 0.2) is 12.3 Å². The maximum atomic E-state index is 12.4. The van der Waals surface area contributed by atoms with E-state index >= 15 is 0 Å². The third-order valence-electron chi connectivity index (χ3n) is 2.02. The summed E-state index contributed by atoms with van der Waals surface area (Å²) >= 11 is 0. The Morgan fingerprint density at radius 2 is 2.05 bits per heavy atom. The molecule has 0 spiro atoms. The minimum atomic E-state index is -4.81. The van der Waals surface area contributed by atoms with Gasteiger partial charge in [-0.15, -0.1) is 0 Å². The summed E-state index contributed by atoms with van der Waals surface area (Å²) < 4.78 is 61.3. The van der Waals surface area contributed by atoms with Crippen molar-refractivity contribution in [2.24, 2.45) is 0 Å². The van der Waals surface area contributed by atoms with Crippen molar-refractivity contribution >= 4 is 21.5 Å². The zero-order valence-corrected chi connectivity index (χ0v) is 10.2. The Labute approximate surface area is 105 Å². The van der Waals surface area contributed by atoms with E-state index in [1.807, 2.05) is 0 Å². The van der Waals surface area contributed by atoms with E-state index in [9.17, 15) is 31.7 Å². The highest BCUT2D eigenvalue weighted by Gasteiger charge is 2.34. The molecule has 1 aromatic rings. The van der Waals surface area contributed by atoms with Crippen LogP contribution in [0.3, 0.4) is 0 Å². The van der Waals surface area contributed by atoms with E-state index in [1.165, 1.54) is 6.92 Å². The van der Waals surface area contributed by atoms with Crippen molar-refractivity contribution in [2.75, 3.05) is 10.5 Å². The molecule has 1 N–H and O–H groups in total. The van der Waals surface area contributed by atoms with Crippen molar-refractivity contribution in [3.63, 3.8) is 0 Å². The van der Waals surface area contributed by atoms with Gasteiger partial charge in [0.2, 0.25) is 15.8 Å². The van der Waals surface area contributed by atoms with Crippen LogP contribution in [0.5, 0.6) is 0 Å². The number of hydrogen-bond donors (Lipinski definition) is 1. The highest BCUT2D eigenvalue weighted by molar-refractivity contribution is 7.92. The fraction of sp³-hybridized carbons (Fsp3) is 0.375. The van der Waals surface area contributed by atoms with Gasteiger partial charge in [0.1, 0.15) is 0 Å². The van der Waals surface area contributed by atoms with Crippen LogP contribution in [-0.2, 0) is 16.2 Å². The Morgan fingerprint density at radius 1 is 1.47 bits per heavy atom. The molecule has 0 unspecified atom stereocenters. The highest BCUT2D eigenvalue weighted by atomic mass is 32.2. The maximum Gasteiger partial charge on any atom is 0.418 e. The Kier molecular flexibility index (Phi) is 3.98. The van der Waals surface area contributed by atoms with E-state index in [4.69, 9.17) is 0 Å². The molecule has 0 saturated carbocycles. The number of rotatable bonds is 4. The van der Waals surface area contributed by atoms with Crippen molar-refractivity contribution in [3.8, 4) is 0 Å². The number of nitrogens with zero attached hydrogens (tertiary/aromatic N) is 2. The minimum Gasteiger partial charge on any atom is -0.262 e. The highest BCUT2D eigenvalue weighted by Crippen LogP contribution is 2.33. The molecule has 0 fully saturated rings. The molecular formula is C8H8F3N3O4S. The zero-order chi connectivity index (χ0) is 14.8. The van der Waals surface area contributed by atoms with Gasteiger partial charge in [-0.1, -0.05) is 0 Å². The van der Waals surface area contributed by atoms with E-state index < -0.39 is 43.9 Å². The van der Waals surface area contributed by atoms with E-state index in [1.54, 1.807) is 4.72 Å². The quantitative estimate of drug-likeness (QED) is 0.674. The molecule has 0 saturated heterocycles. The van der Waals surface area contributed by atoms with Crippen LogP contribution in [-0.4, -0.2) is 24.1 Å². The van der Waals surface area contributed by atoms with Crippen LogP contribution < -0.4 is 4.72 Å². The molecule has 0 aliphatic carbocycles. The summed E-state index contributed by atoms with van der Waals surface area (Å²) in [7, 11) is -3.88. The molecule has 1 heterocycles. The summed E-state index contributed by atoms with van der Waals surface area (Å²) in [6.45, 7) is 1.26. The van der Waals surface area contributed by atoms with Gasteiger partial charge in [0.05, 0.1) is 16.2 Å². The van der Waals surface area contributed by atoms with Crippen LogP contribution in [0.2, 0.25) is 0 Å². The van der Waals surface area contributed by atoms with Crippen LogP contribution in [0.1, 0.15) is 12.5 Å². The lowest BCUT2D eigenvalue weighted by Crippen LogP contribution is -2.17. The number of halogens is 3. The summed E-state index contributed by atoms with van der Waals surface area (Å²) in [5.41, 5.74) is -2.40. The number of hydrogen-bond acceptors (Lipinski definition) is 5. The standard InChI is InChI=1S/C8H8F3N3O4S/c1-2-19(17,18)13-7-6(14(15)16)3-5(4-12-7)8(9,10)11/h3-4H,2H2,1H3,(H,12,13). The van der Waals surface area contributed by atoms with Crippen molar-refractivity contribution in [1.82, 2.24) is 4.98 Å². The van der Waals surface area contributed by atoms with Crippen molar-refractivity contribution in [2.45, 2.75) is 13.1 Å². The monoisotopic (exact) mass is 299 g/mol. The molecule has 0 atom stereocenters. The predicted molar refractivity (Wildman–Crippen MR) is 59.0 cm³/mol. The largest absolute Gasteiger partial charge is 0.418 e. The normalized spacial score (nSPS) is 12.2. The average Bonchev–Trinajstić information content (AvgIpc) is 2.27. The number of nitro groups is 1. The first kappa shape index (κ1) is 15.1. The van der Waals surface area contributed by atoms with Gasteiger partial charge in [-0.05, 0) is 6.92 Å². The molecule has 7 nitrogen and oxygen atoms in total. The second-order valence-corrected chi connectivity index (χ2v) is 5.36. The van der Waals surface area contributed by atoms with E-state index in [2.05, 4.69) is 4.98 Å². The first-order valence-corrected chi connectivity index (χ1v) is 6.44. The second kappa shape index (κ2) is 4.99. The van der Waals surface area contributed by atoms with Gasteiger partial charge in [0, 0.05) is 12.3 Å². The smallest absolute Gasteiger partial charge is 0.262 e. The number of alkyl halides is 3. The van der Waals surface area contributed by atoms with Gasteiger partial charge in [-0.2, -0.15) is 13.2 Å². The molecule has 0 radical (unpaired) electrons. The van der Waals surface area contributed by atoms with Gasteiger partial charge >= 0.3 is 11.9 Å². The van der Waals surface area contributed by atoms with Crippen molar-refractivity contribution in [1.29, 1.82) is 0 Å². The SMILES string of the molecule is CCS(=O)(=O)Nc1ncc(C(F)(F)F)cc1[N+](=O)[O-]. The number of sulfonamides is 1. The Morgan fingerprint density at radius 3 is 2.47 bits per heavy atom. The first-order valence-electron chi connectivity index (χ1n) is 4.79. The molecule has 0 aromatic carbocycles. The summed E-state index contributed by atoms with van der Waals surface area (Å²) in [4.78, 5) is 12.6. The summed E-state index contributed by atoms with van der Waals surface area (Å²) in [6, 6.07) is 0.223. The number of pyridine rings is 1. The number of anilines is 1. The van der Waals surface area contributed by atoms with Crippen LogP contribution in [0, 0.1) is 10.1 Å². The molecule has 1 aromatic heterocycles. The molecule has 0 amide bonds. The third-order valence-corrected chi connectivity index (χ3v) is 3.29. The fourth-order valence-electron chi connectivity index (χ4n) is 1.05. The number of nitrogens with one attached hydrogen (secondary N) is 1. The average molecular weight is 299 g/mol. The lowest BCUT2D eigenvalue weighted by atomic mass is 10.2. The van der Waals surface area contributed by atoms with Crippen LogP contribution in [0.25, 0.3) is 0 Å². The van der Waals surface area contributed by atoms with Gasteiger partial charge < -0.3 is 0 Å². The first-order chi connectivity index (χ1) is 8.57. The Bertz CT molecular complexity index is 600. The Balaban J connectivity index is 3.32. The van der Waals surface area contributed by atoms with Gasteiger partial charge in [-0.25, -0.2) is 13.4 Å². The van der Waals surface area contributed by atoms with Crippen molar-refractivity contribution < 1.29 is 26.5 Å². The lowest BCUT2D eigenvalue weighted by Gasteiger charge is -2.09. The molecule has 11 heteroatoms. The predicted octanol–water partition coefficient (Wildman–Crippen LogP) is 1.77. The van der Waals surface area contributed by atoms with Crippen LogP contribution >= 0.6 is 0 Å². The maximum absolute atomic E-state index is 12.4. The van der Waals surface area contributed by atoms with Crippen LogP contribution in [0.4, 0.5) is 24.7 Å². The molecule has 0 aliphatic heterocycles. The number of aromatic nitrogens is 1. The summed E-state index contributed by atoms with van der Waals surface area (Å²) in [6.07, 6.45) is -4.49. The van der Waals surface area contributed by atoms with E-state index in [0.29, 0.717) is 6.20 Å². The topological polar surface area (TPSA) is 102 Å². The Hall–Kier alpha value is -1.91. The molecule has 0 aliphatic rings. The van der Waals surface area contributed by atoms with Crippen molar-refractivity contribution in [3.05, 3.63) is 27.9 Å². The molecule has 106 valence electrons. The van der Waals surface area contributed by atoms with E-state index in [0.717, 1.165) is 0 Å². The third kappa shape index (κ3) is 3.77. The molecule has 19 heavy (non-hydrogen) atoms. The molecule has 1 rings (SSSR count). The molecular weight excluding hydrogens is 291 g/mol.